The lowest BCUT2D eigenvalue weighted by Gasteiger charge is -2.09. The number of rotatable bonds is 2. The first-order valence-electron chi connectivity index (χ1n) is 4.09. The Balaban J connectivity index is 2.96. The van der Waals surface area contributed by atoms with Crippen LogP contribution < -0.4 is 0 Å². The van der Waals surface area contributed by atoms with Crippen molar-refractivity contribution in [3.8, 4) is 0 Å². The van der Waals surface area contributed by atoms with Crippen LogP contribution in [-0.2, 0) is 9.53 Å². The number of ether oxygens (including phenoxy) is 1. The molecule has 76 valence electrons. The Morgan fingerprint density at radius 3 is 2.50 bits per heavy atom. The van der Waals surface area contributed by atoms with Crippen molar-refractivity contribution in [3.63, 3.8) is 0 Å². The number of halogens is 2. The van der Waals surface area contributed by atoms with Crippen LogP contribution in [0.15, 0.2) is 18.2 Å². The van der Waals surface area contributed by atoms with E-state index < -0.39 is 23.5 Å². The molecule has 0 aromatic heterocycles. The van der Waals surface area contributed by atoms with E-state index in [4.69, 9.17) is 0 Å². The van der Waals surface area contributed by atoms with Crippen molar-refractivity contribution in [3.05, 3.63) is 35.4 Å². The number of hydrogen-bond donors (Lipinski definition) is 0. The summed E-state index contributed by atoms with van der Waals surface area (Å²) in [6.07, 6.45) is 0. The Kier molecular flexibility index (Phi) is 3.17. The van der Waals surface area contributed by atoms with Crippen molar-refractivity contribution >= 4 is 5.97 Å². The van der Waals surface area contributed by atoms with Gasteiger partial charge in [0.15, 0.2) is 11.6 Å². The highest BCUT2D eigenvalue weighted by molar-refractivity contribution is 5.77. The highest BCUT2D eigenvalue weighted by Crippen LogP contribution is 2.18. The molecule has 0 aliphatic heterocycles. The minimum Gasteiger partial charge on any atom is -0.469 e. The molecule has 1 rings (SSSR count). The number of carbonyl (C=O) groups is 1. The summed E-state index contributed by atoms with van der Waals surface area (Å²) in [5.41, 5.74) is 0.399. The zero-order valence-electron chi connectivity index (χ0n) is 7.88. The van der Waals surface area contributed by atoms with Gasteiger partial charge in [-0.15, -0.1) is 0 Å². The van der Waals surface area contributed by atoms with Crippen molar-refractivity contribution in [2.75, 3.05) is 7.11 Å². The Hall–Kier alpha value is -1.45. The van der Waals surface area contributed by atoms with Gasteiger partial charge in [0.25, 0.3) is 0 Å². The predicted octanol–water partition coefficient (Wildman–Crippen LogP) is 2.24. The molecule has 0 saturated carbocycles. The lowest BCUT2D eigenvalue weighted by molar-refractivity contribution is -0.141. The summed E-state index contributed by atoms with van der Waals surface area (Å²) in [6.45, 7) is 1.57. The smallest absolute Gasteiger partial charge is 0.312 e. The molecule has 2 nitrogen and oxygen atoms in total. The molecule has 0 fully saturated rings. The van der Waals surface area contributed by atoms with Gasteiger partial charge in [0, 0.05) is 0 Å². The second-order valence-electron chi connectivity index (χ2n) is 2.92. The minimum atomic E-state index is -0.960. The first-order valence-corrected chi connectivity index (χ1v) is 4.09. The van der Waals surface area contributed by atoms with Gasteiger partial charge in [-0.2, -0.15) is 0 Å². The molecule has 14 heavy (non-hydrogen) atoms. The average Bonchev–Trinajstić information content (AvgIpc) is 2.20. The fraction of sp³-hybridized carbons (Fsp3) is 0.300. The minimum absolute atomic E-state index is 0.399. The average molecular weight is 200 g/mol. The molecule has 0 amide bonds. The van der Waals surface area contributed by atoms with Crippen LogP contribution in [0, 0.1) is 11.6 Å². The van der Waals surface area contributed by atoms with Gasteiger partial charge in [0.1, 0.15) is 0 Å². The third kappa shape index (κ3) is 2.07. The van der Waals surface area contributed by atoms with Crippen LogP contribution >= 0.6 is 0 Å². The summed E-state index contributed by atoms with van der Waals surface area (Å²) >= 11 is 0. The Morgan fingerprint density at radius 1 is 1.36 bits per heavy atom. The molecule has 0 radical (unpaired) electrons. The normalized spacial score (nSPS) is 12.3. The van der Waals surface area contributed by atoms with Crippen molar-refractivity contribution in [1.29, 1.82) is 0 Å². The van der Waals surface area contributed by atoms with Crippen LogP contribution in [0.3, 0.4) is 0 Å². The highest BCUT2D eigenvalue weighted by Gasteiger charge is 2.16. The zero-order chi connectivity index (χ0) is 10.7. The predicted molar refractivity (Wildman–Crippen MR) is 46.8 cm³/mol. The van der Waals surface area contributed by atoms with Crippen molar-refractivity contribution in [1.82, 2.24) is 0 Å². The topological polar surface area (TPSA) is 26.3 Å². The number of hydrogen-bond acceptors (Lipinski definition) is 2. The third-order valence-electron chi connectivity index (χ3n) is 2.00. The van der Waals surface area contributed by atoms with Gasteiger partial charge in [-0.3, -0.25) is 4.79 Å². The summed E-state index contributed by atoms with van der Waals surface area (Å²) in [5, 5.41) is 0. The first-order chi connectivity index (χ1) is 6.56. The molecule has 0 spiro atoms. The second-order valence-corrected chi connectivity index (χ2v) is 2.92. The summed E-state index contributed by atoms with van der Waals surface area (Å²) in [4.78, 5) is 11.1. The molecular weight excluding hydrogens is 190 g/mol. The first kappa shape index (κ1) is 10.6. The Bertz CT molecular complexity index is 350. The SMILES string of the molecule is COC(=O)C(C)c1ccc(F)c(F)c1. The van der Waals surface area contributed by atoms with E-state index in [1.807, 2.05) is 0 Å². The zero-order valence-corrected chi connectivity index (χ0v) is 7.88. The van der Waals surface area contributed by atoms with Crippen LogP contribution in [0.4, 0.5) is 8.78 Å². The molecule has 0 saturated heterocycles. The van der Waals surface area contributed by atoms with Gasteiger partial charge in [0.05, 0.1) is 13.0 Å². The highest BCUT2D eigenvalue weighted by atomic mass is 19.2. The number of benzene rings is 1. The van der Waals surface area contributed by atoms with Crippen LogP contribution in [-0.4, -0.2) is 13.1 Å². The van der Waals surface area contributed by atoms with Crippen LogP contribution in [0.5, 0.6) is 0 Å². The molecule has 0 N–H and O–H groups in total. The Labute approximate surface area is 80.5 Å². The quantitative estimate of drug-likeness (QED) is 0.684. The maximum absolute atomic E-state index is 12.8. The van der Waals surface area contributed by atoms with Gasteiger partial charge < -0.3 is 4.74 Å². The van der Waals surface area contributed by atoms with E-state index in [0.29, 0.717) is 5.56 Å². The van der Waals surface area contributed by atoms with Gasteiger partial charge in [-0.05, 0) is 24.6 Å². The summed E-state index contributed by atoms with van der Waals surface area (Å²) < 4.78 is 29.8. The summed E-state index contributed by atoms with van der Waals surface area (Å²) in [6, 6.07) is 3.35. The van der Waals surface area contributed by atoms with Gasteiger partial charge >= 0.3 is 5.97 Å². The maximum Gasteiger partial charge on any atom is 0.312 e. The van der Waals surface area contributed by atoms with E-state index in [2.05, 4.69) is 4.74 Å². The molecule has 0 heterocycles. The summed E-state index contributed by atoms with van der Waals surface area (Å²) in [7, 11) is 1.25. The van der Waals surface area contributed by atoms with E-state index in [1.165, 1.54) is 13.2 Å². The van der Waals surface area contributed by atoms with Crippen molar-refractivity contribution in [2.45, 2.75) is 12.8 Å². The molecule has 1 aromatic rings. The van der Waals surface area contributed by atoms with Gasteiger partial charge in [-0.25, -0.2) is 8.78 Å². The van der Waals surface area contributed by atoms with E-state index in [1.54, 1.807) is 6.92 Å². The molecule has 0 aliphatic rings. The molecule has 1 atom stereocenters. The van der Waals surface area contributed by atoms with E-state index >= 15 is 0 Å². The molecule has 1 aromatic carbocycles. The van der Waals surface area contributed by atoms with Crippen molar-refractivity contribution < 1.29 is 18.3 Å². The number of esters is 1. The molecule has 4 heteroatoms. The van der Waals surface area contributed by atoms with Crippen molar-refractivity contribution in [2.24, 2.45) is 0 Å². The van der Waals surface area contributed by atoms with E-state index in [9.17, 15) is 13.6 Å². The second kappa shape index (κ2) is 4.17. The molecule has 0 aliphatic carbocycles. The van der Waals surface area contributed by atoms with Crippen LogP contribution in [0.1, 0.15) is 18.4 Å². The lowest BCUT2D eigenvalue weighted by atomic mass is 10.0. The fourth-order valence-electron chi connectivity index (χ4n) is 1.09. The van der Waals surface area contributed by atoms with Gasteiger partial charge in [0.2, 0.25) is 0 Å². The standard InChI is InChI=1S/C10H10F2O2/c1-6(10(13)14-2)7-3-4-8(11)9(12)5-7/h3-6H,1-2H3. The lowest BCUT2D eigenvalue weighted by Crippen LogP contribution is -2.11. The van der Waals surface area contributed by atoms with E-state index in [-0.39, 0.29) is 0 Å². The van der Waals surface area contributed by atoms with E-state index in [0.717, 1.165) is 12.1 Å². The van der Waals surface area contributed by atoms with Crippen LogP contribution in [0.25, 0.3) is 0 Å². The monoisotopic (exact) mass is 200 g/mol. The Morgan fingerprint density at radius 2 is 2.00 bits per heavy atom. The number of methoxy groups -OCH3 is 1. The molecule has 0 bridgehead atoms. The number of carbonyl (C=O) groups excluding carboxylic acids is 1. The fourth-order valence-corrected chi connectivity index (χ4v) is 1.09. The maximum atomic E-state index is 12.8. The van der Waals surface area contributed by atoms with Gasteiger partial charge in [-0.1, -0.05) is 6.07 Å². The summed E-state index contributed by atoms with van der Waals surface area (Å²) in [5.74, 6) is -2.95. The molecular formula is C10H10F2O2. The third-order valence-corrected chi connectivity index (χ3v) is 2.00. The molecule has 1 unspecified atom stereocenters. The van der Waals surface area contributed by atoms with Crippen LogP contribution in [0.2, 0.25) is 0 Å². The largest absolute Gasteiger partial charge is 0.469 e.